The van der Waals surface area contributed by atoms with Gasteiger partial charge in [-0.25, -0.2) is 33.1 Å². The van der Waals surface area contributed by atoms with Gasteiger partial charge in [-0.05, 0) is 69.3 Å². The van der Waals surface area contributed by atoms with Gasteiger partial charge in [0.2, 0.25) is 27.8 Å². The van der Waals surface area contributed by atoms with Gasteiger partial charge in [0, 0.05) is 73.6 Å². The van der Waals surface area contributed by atoms with E-state index >= 15 is 0 Å². The van der Waals surface area contributed by atoms with Gasteiger partial charge in [0.25, 0.3) is 0 Å². The highest BCUT2D eigenvalue weighted by Crippen LogP contribution is 2.35. The molecule has 0 radical (unpaired) electrons. The first-order chi connectivity index (χ1) is 27.3. The Hall–Kier alpha value is -5.53. The van der Waals surface area contributed by atoms with Gasteiger partial charge in [0.1, 0.15) is 6.04 Å². The summed E-state index contributed by atoms with van der Waals surface area (Å²) in [5.41, 5.74) is 2.43. The first-order valence-electron chi connectivity index (χ1n) is 18.6. The number of amides is 2. The minimum absolute atomic E-state index is 0.0522. The molecule has 0 spiro atoms. The fraction of sp³-hybridized carbons (Fsp3) is 0.395. The molecule has 0 saturated carbocycles. The standard InChI is InChI=1S/C38H38F3N9O6S/c39-38(40,41)26-20-44-36(45-21-26)46-27-11-15-49(16-12-27)57(54,55)28-4-1-3-25(17-28)34-42-18-23(19-43-34)22-48-13-9-24(10-14-48)29-5-2-6-30-33(29)56-37(53)50(30)31-7-8-32(51)47-35(31)52/h1-6,17-21,24,27,31H,7-16,22H2,(H,44,45,46)(H,47,51,52). The number of anilines is 1. The van der Waals surface area contributed by atoms with E-state index in [1.807, 2.05) is 12.1 Å². The van der Waals surface area contributed by atoms with Crippen LogP contribution in [0.1, 0.15) is 67.2 Å². The van der Waals surface area contributed by atoms with E-state index in [9.17, 15) is 36.0 Å². The molecule has 3 aliphatic heterocycles. The molecule has 5 aromatic rings. The fourth-order valence-corrected chi connectivity index (χ4v) is 9.30. The van der Waals surface area contributed by atoms with Crippen molar-refractivity contribution in [3.05, 3.63) is 94.5 Å². The highest BCUT2D eigenvalue weighted by atomic mass is 32.2. The summed E-state index contributed by atoms with van der Waals surface area (Å²) in [5.74, 6) is -0.910. The van der Waals surface area contributed by atoms with Gasteiger partial charge in [0.05, 0.1) is 16.0 Å². The Morgan fingerprint density at radius 3 is 2.25 bits per heavy atom. The molecule has 57 heavy (non-hydrogen) atoms. The number of alkyl halides is 3. The van der Waals surface area contributed by atoms with E-state index in [0.29, 0.717) is 54.3 Å². The molecular formula is C38H38F3N9O6S. The lowest BCUT2D eigenvalue weighted by atomic mass is 9.88. The Labute approximate surface area is 324 Å². The lowest BCUT2D eigenvalue weighted by Gasteiger charge is -2.32. The number of carbonyl (C=O) groups excluding carboxylic acids is 2. The van der Waals surface area contributed by atoms with Crippen molar-refractivity contribution in [2.45, 2.75) is 74.1 Å². The maximum absolute atomic E-state index is 13.6. The lowest BCUT2D eigenvalue weighted by Crippen LogP contribution is -2.43. The molecule has 298 valence electrons. The van der Waals surface area contributed by atoms with Gasteiger partial charge in [-0.15, -0.1) is 0 Å². The number of likely N-dealkylation sites (tertiary alicyclic amines) is 1. The minimum atomic E-state index is -4.53. The maximum Gasteiger partial charge on any atom is 0.420 e. The Balaban J connectivity index is 0.859. The number of carbonyl (C=O) groups is 2. The van der Waals surface area contributed by atoms with E-state index in [2.05, 4.69) is 35.5 Å². The Morgan fingerprint density at radius 2 is 1.56 bits per heavy atom. The average molecular weight is 806 g/mol. The zero-order valence-electron chi connectivity index (χ0n) is 30.5. The molecular weight excluding hydrogens is 768 g/mol. The summed E-state index contributed by atoms with van der Waals surface area (Å²) in [6.45, 7) is 2.57. The second-order valence-corrected chi connectivity index (χ2v) is 16.4. The number of halogens is 3. The third-order valence-electron chi connectivity index (χ3n) is 10.8. The van der Waals surface area contributed by atoms with Crippen LogP contribution in [0.2, 0.25) is 0 Å². The molecule has 1 atom stereocenters. The summed E-state index contributed by atoms with van der Waals surface area (Å²) in [5, 5.41) is 5.31. The van der Waals surface area contributed by atoms with E-state index in [0.717, 1.165) is 37.1 Å². The number of benzene rings is 2. The predicted octanol–water partition coefficient (Wildman–Crippen LogP) is 4.48. The van der Waals surface area contributed by atoms with Crippen molar-refractivity contribution in [2.75, 3.05) is 31.5 Å². The largest absolute Gasteiger partial charge is 0.420 e. The maximum atomic E-state index is 13.6. The van der Waals surface area contributed by atoms with Crippen LogP contribution in [0.15, 0.2) is 81.4 Å². The smallest absolute Gasteiger partial charge is 0.407 e. The van der Waals surface area contributed by atoms with E-state index in [1.165, 1.54) is 14.9 Å². The second kappa shape index (κ2) is 15.4. The van der Waals surface area contributed by atoms with Gasteiger partial charge in [-0.3, -0.25) is 24.4 Å². The van der Waals surface area contributed by atoms with Crippen LogP contribution in [0, 0.1) is 0 Å². The Kier molecular flexibility index (Phi) is 10.4. The van der Waals surface area contributed by atoms with Crippen LogP contribution in [-0.2, 0) is 32.3 Å². The minimum Gasteiger partial charge on any atom is -0.407 e. The van der Waals surface area contributed by atoms with Gasteiger partial charge in [-0.2, -0.15) is 17.5 Å². The second-order valence-electron chi connectivity index (χ2n) is 14.5. The van der Waals surface area contributed by atoms with Crippen molar-refractivity contribution in [1.29, 1.82) is 0 Å². The summed E-state index contributed by atoms with van der Waals surface area (Å²) < 4.78 is 74.2. The molecule has 0 aliphatic carbocycles. The lowest BCUT2D eigenvalue weighted by molar-refractivity contribution is -0.138. The Morgan fingerprint density at radius 1 is 0.860 bits per heavy atom. The monoisotopic (exact) mass is 805 g/mol. The van der Waals surface area contributed by atoms with Crippen molar-refractivity contribution >= 4 is 38.9 Å². The third kappa shape index (κ3) is 8.04. The van der Waals surface area contributed by atoms with Crippen molar-refractivity contribution in [2.24, 2.45) is 0 Å². The molecule has 6 heterocycles. The van der Waals surface area contributed by atoms with E-state index in [4.69, 9.17) is 4.42 Å². The zero-order valence-corrected chi connectivity index (χ0v) is 31.3. The highest BCUT2D eigenvalue weighted by molar-refractivity contribution is 7.89. The highest BCUT2D eigenvalue weighted by Gasteiger charge is 2.34. The number of hydrogen-bond acceptors (Lipinski definition) is 12. The number of nitrogens with zero attached hydrogens (tertiary/aromatic N) is 7. The predicted molar refractivity (Wildman–Crippen MR) is 199 cm³/mol. The summed E-state index contributed by atoms with van der Waals surface area (Å²) in [6, 6.07) is 11.1. The summed E-state index contributed by atoms with van der Waals surface area (Å²) >= 11 is 0. The van der Waals surface area contributed by atoms with Gasteiger partial charge in [-0.1, -0.05) is 24.3 Å². The number of imide groups is 1. The molecule has 1 unspecified atom stereocenters. The van der Waals surface area contributed by atoms with Crippen LogP contribution in [0.4, 0.5) is 19.1 Å². The topological polar surface area (TPSA) is 186 Å². The third-order valence-corrected chi connectivity index (χ3v) is 12.7. The molecule has 15 nitrogen and oxygen atoms in total. The number of piperidine rings is 3. The van der Waals surface area contributed by atoms with Crippen LogP contribution < -0.4 is 16.4 Å². The summed E-state index contributed by atoms with van der Waals surface area (Å²) in [7, 11) is -3.85. The van der Waals surface area contributed by atoms with Crippen molar-refractivity contribution in [1.82, 2.24) is 39.0 Å². The fourth-order valence-electron chi connectivity index (χ4n) is 7.79. The molecule has 3 saturated heterocycles. The van der Waals surface area contributed by atoms with Gasteiger partial charge >= 0.3 is 11.9 Å². The number of rotatable bonds is 9. The normalized spacial score (nSPS) is 19.5. The van der Waals surface area contributed by atoms with Crippen LogP contribution >= 0.6 is 0 Å². The molecule has 3 aliphatic rings. The van der Waals surface area contributed by atoms with Crippen molar-refractivity contribution < 1.29 is 35.6 Å². The van der Waals surface area contributed by atoms with Crippen LogP contribution in [0.3, 0.4) is 0 Å². The molecule has 2 aromatic carbocycles. The van der Waals surface area contributed by atoms with Crippen LogP contribution in [-0.4, -0.2) is 86.2 Å². The Bertz CT molecular complexity index is 2460. The van der Waals surface area contributed by atoms with Crippen LogP contribution in [0.25, 0.3) is 22.5 Å². The SMILES string of the molecule is O=C1CCC(n2c(=O)oc3c(C4CCN(Cc5cnc(-c6cccc(S(=O)(=O)N7CCC(Nc8ncc(C(F)(F)F)cn8)CC7)c6)nc5)CC4)cccc32)C(=O)N1. The molecule has 8 rings (SSSR count). The number of nitrogens with one attached hydrogen (secondary N) is 2. The molecule has 0 bridgehead atoms. The molecule has 2 amide bonds. The molecule has 3 aromatic heterocycles. The molecule has 3 fully saturated rings. The number of aromatic nitrogens is 5. The van der Waals surface area contributed by atoms with Crippen LogP contribution in [0.5, 0.6) is 0 Å². The first kappa shape index (κ1) is 38.3. The van der Waals surface area contributed by atoms with Crippen molar-refractivity contribution in [3.8, 4) is 11.4 Å². The number of fused-ring (bicyclic) bond motifs is 1. The zero-order chi connectivity index (χ0) is 39.9. The van der Waals surface area contributed by atoms with Gasteiger partial charge < -0.3 is 9.73 Å². The number of sulfonamides is 1. The summed E-state index contributed by atoms with van der Waals surface area (Å²) in [4.78, 5) is 56.2. The number of para-hydroxylation sites is 1. The van der Waals surface area contributed by atoms with E-state index in [-0.39, 0.29) is 54.6 Å². The van der Waals surface area contributed by atoms with E-state index in [1.54, 1.807) is 36.7 Å². The molecule has 19 heteroatoms. The quantitative estimate of drug-likeness (QED) is 0.199. The number of oxazole rings is 1. The average Bonchev–Trinajstić information content (AvgIpc) is 3.54. The first-order valence-corrected chi connectivity index (χ1v) is 20.0. The number of hydrogen-bond donors (Lipinski definition) is 2. The van der Waals surface area contributed by atoms with E-state index < -0.39 is 39.5 Å². The summed E-state index contributed by atoms with van der Waals surface area (Å²) in [6.07, 6.45) is 3.21. The van der Waals surface area contributed by atoms with Gasteiger partial charge in [0.15, 0.2) is 11.4 Å². The molecule has 2 N–H and O–H groups in total. The van der Waals surface area contributed by atoms with Crippen molar-refractivity contribution in [3.63, 3.8) is 0 Å².